The zero-order chi connectivity index (χ0) is 19.0. The number of carboxylic acid groups (broad SMARTS) is 1. The van der Waals surface area contributed by atoms with Gasteiger partial charge in [-0.15, -0.1) is 11.3 Å². The molecule has 8 heteroatoms. The van der Waals surface area contributed by atoms with Gasteiger partial charge in [0.1, 0.15) is 5.82 Å². The van der Waals surface area contributed by atoms with Crippen LogP contribution in [0.3, 0.4) is 0 Å². The molecule has 2 atom stereocenters. The van der Waals surface area contributed by atoms with Crippen molar-refractivity contribution in [2.75, 3.05) is 18.4 Å². The summed E-state index contributed by atoms with van der Waals surface area (Å²) in [6.45, 7) is 0.706. The second-order valence-electron chi connectivity index (χ2n) is 7.26. The summed E-state index contributed by atoms with van der Waals surface area (Å²) in [5.74, 6) is -1.05. The minimum absolute atomic E-state index is 0.0219. The topological polar surface area (TPSA) is 82.5 Å². The Morgan fingerprint density at radius 1 is 1.41 bits per heavy atom. The summed E-state index contributed by atoms with van der Waals surface area (Å²) >= 11 is 1.30. The molecule has 1 saturated carbocycles. The van der Waals surface area contributed by atoms with Gasteiger partial charge in [-0.1, -0.05) is 24.6 Å². The quantitative estimate of drug-likeness (QED) is 0.837. The number of carbonyl (C=O) groups excluding carboxylic acids is 1. The Kier molecular flexibility index (Phi) is 4.59. The number of thiazole rings is 1. The van der Waals surface area contributed by atoms with Crippen LogP contribution in [0.5, 0.6) is 0 Å². The van der Waals surface area contributed by atoms with Crippen molar-refractivity contribution in [3.05, 3.63) is 46.7 Å². The number of likely N-dealkylation sites (tertiary alicyclic amines) is 1. The van der Waals surface area contributed by atoms with E-state index in [9.17, 15) is 19.1 Å². The summed E-state index contributed by atoms with van der Waals surface area (Å²) in [5.41, 5.74) is -0.217. The third-order valence-corrected chi connectivity index (χ3v) is 6.59. The maximum absolute atomic E-state index is 13.8. The molecule has 1 aromatic heterocycles. The molecule has 6 nitrogen and oxygen atoms in total. The van der Waals surface area contributed by atoms with E-state index in [-0.39, 0.29) is 24.3 Å². The molecule has 2 N–H and O–H groups in total. The van der Waals surface area contributed by atoms with E-state index in [0.29, 0.717) is 30.1 Å². The van der Waals surface area contributed by atoms with Gasteiger partial charge in [0.15, 0.2) is 5.13 Å². The fourth-order valence-electron chi connectivity index (χ4n) is 4.24. The number of rotatable bonds is 4. The highest BCUT2D eigenvalue weighted by molar-refractivity contribution is 7.15. The number of amides is 2. The maximum Gasteiger partial charge on any atom is 0.323 e. The van der Waals surface area contributed by atoms with Crippen LogP contribution in [0, 0.1) is 17.2 Å². The molecule has 2 fully saturated rings. The number of aliphatic carboxylic acids is 1. The van der Waals surface area contributed by atoms with Gasteiger partial charge in [-0.3, -0.25) is 10.1 Å². The van der Waals surface area contributed by atoms with Gasteiger partial charge in [0.25, 0.3) is 0 Å². The minimum atomic E-state index is -0.804. The molecule has 0 bridgehead atoms. The van der Waals surface area contributed by atoms with Crippen LogP contribution in [0.4, 0.5) is 14.3 Å². The van der Waals surface area contributed by atoms with E-state index in [1.54, 1.807) is 29.3 Å². The molecule has 1 aliphatic carbocycles. The van der Waals surface area contributed by atoms with Gasteiger partial charge in [0.05, 0.1) is 5.41 Å². The van der Waals surface area contributed by atoms with Gasteiger partial charge in [0.2, 0.25) is 0 Å². The van der Waals surface area contributed by atoms with Gasteiger partial charge in [-0.05, 0) is 30.4 Å². The van der Waals surface area contributed by atoms with Gasteiger partial charge >= 0.3 is 12.0 Å². The molecule has 1 aromatic carbocycles. The number of urea groups is 1. The summed E-state index contributed by atoms with van der Waals surface area (Å²) in [7, 11) is 0. The third kappa shape index (κ3) is 3.29. The SMILES string of the molecule is O=C(Nc1ncc(Cc2ccccc2F)s1)N1C[C@@H]2CCC[C@@]2(C(=O)O)C1. The number of nitrogens with one attached hydrogen (secondary N) is 1. The Morgan fingerprint density at radius 3 is 2.96 bits per heavy atom. The molecule has 1 saturated heterocycles. The van der Waals surface area contributed by atoms with E-state index in [4.69, 9.17) is 0 Å². The maximum atomic E-state index is 13.8. The molecule has 2 amide bonds. The lowest BCUT2D eigenvalue weighted by atomic mass is 9.81. The molecular formula is C19H20FN3O3S. The minimum Gasteiger partial charge on any atom is -0.481 e. The number of benzene rings is 1. The summed E-state index contributed by atoms with van der Waals surface area (Å²) < 4.78 is 13.8. The lowest BCUT2D eigenvalue weighted by Crippen LogP contribution is -2.38. The van der Waals surface area contributed by atoms with Crippen LogP contribution in [-0.2, 0) is 11.2 Å². The smallest absolute Gasteiger partial charge is 0.323 e. The van der Waals surface area contributed by atoms with E-state index in [2.05, 4.69) is 10.3 Å². The van der Waals surface area contributed by atoms with Crippen LogP contribution in [0.2, 0.25) is 0 Å². The number of fused-ring (bicyclic) bond motifs is 1. The van der Waals surface area contributed by atoms with Gasteiger partial charge in [-0.25, -0.2) is 14.2 Å². The molecule has 0 unspecified atom stereocenters. The van der Waals surface area contributed by atoms with Crippen LogP contribution in [-0.4, -0.2) is 40.1 Å². The lowest BCUT2D eigenvalue weighted by Gasteiger charge is -2.23. The van der Waals surface area contributed by atoms with Crippen LogP contribution in [0.25, 0.3) is 0 Å². The Hall–Kier alpha value is -2.48. The van der Waals surface area contributed by atoms with E-state index in [1.165, 1.54) is 17.4 Å². The number of carbonyl (C=O) groups is 2. The number of nitrogens with zero attached hydrogens (tertiary/aromatic N) is 2. The monoisotopic (exact) mass is 389 g/mol. The fourth-order valence-corrected chi connectivity index (χ4v) is 5.07. The molecular weight excluding hydrogens is 369 g/mol. The Balaban J connectivity index is 1.40. The molecule has 2 heterocycles. The largest absolute Gasteiger partial charge is 0.481 e. The first kappa shape index (κ1) is 17.9. The molecule has 2 aliphatic rings. The lowest BCUT2D eigenvalue weighted by molar-refractivity contribution is -0.149. The summed E-state index contributed by atoms with van der Waals surface area (Å²) in [6.07, 6.45) is 4.41. The first-order valence-electron chi connectivity index (χ1n) is 8.95. The first-order chi connectivity index (χ1) is 13.0. The Morgan fingerprint density at radius 2 is 2.22 bits per heavy atom. The molecule has 0 spiro atoms. The molecule has 0 radical (unpaired) electrons. The van der Waals surface area contributed by atoms with Crippen molar-refractivity contribution in [1.29, 1.82) is 0 Å². The Bertz CT molecular complexity index is 887. The fraction of sp³-hybridized carbons (Fsp3) is 0.421. The van der Waals surface area contributed by atoms with E-state index in [0.717, 1.165) is 17.7 Å². The van der Waals surface area contributed by atoms with Gasteiger partial charge in [-0.2, -0.15) is 0 Å². The van der Waals surface area contributed by atoms with E-state index in [1.807, 2.05) is 0 Å². The molecule has 1 aliphatic heterocycles. The van der Waals surface area contributed by atoms with E-state index < -0.39 is 11.4 Å². The van der Waals surface area contributed by atoms with Gasteiger partial charge in [0, 0.05) is 30.6 Å². The van der Waals surface area contributed by atoms with E-state index >= 15 is 0 Å². The second-order valence-corrected chi connectivity index (χ2v) is 8.38. The molecule has 27 heavy (non-hydrogen) atoms. The summed E-state index contributed by atoms with van der Waals surface area (Å²) in [4.78, 5) is 30.9. The van der Waals surface area contributed by atoms with Crippen molar-refractivity contribution in [1.82, 2.24) is 9.88 Å². The van der Waals surface area contributed by atoms with Crippen molar-refractivity contribution in [3.63, 3.8) is 0 Å². The van der Waals surface area contributed by atoms with Crippen molar-refractivity contribution >= 4 is 28.5 Å². The number of halogens is 1. The highest BCUT2D eigenvalue weighted by atomic mass is 32.1. The van der Waals surface area contributed by atoms with Gasteiger partial charge < -0.3 is 10.0 Å². The highest BCUT2D eigenvalue weighted by Gasteiger charge is 2.55. The third-order valence-electron chi connectivity index (χ3n) is 5.67. The molecule has 142 valence electrons. The summed E-state index contributed by atoms with van der Waals surface area (Å²) in [6, 6.07) is 6.25. The average Bonchev–Trinajstić information content (AvgIpc) is 3.31. The molecule has 4 rings (SSSR count). The first-order valence-corrected chi connectivity index (χ1v) is 9.77. The number of carboxylic acids is 1. The average molecular weight is 389 g/mol. The van der Waals surface area contributed by atoms with Crippen LogP contribution >= 0.6 is 11.3 Å². The molecule has 2 aromatic rings. The Labute approximate surface area is 160 Å². The van der Waals surface area contributed by atoms with Crippen molar-refractivity contribution in [2.24, 2.45) is 11.3 Å². The number of aromatic nitrogens is 1. The number of hydrogen-bond acceptors (Lipinski definition) is 4. The zero-order valence-electron chi connectivity index (χ0n) is 14.7. The van der Waals surface area contributed by atoms with Crippen molar-refractivity contribution in [2.45, 2.75) is 25.7 Å². The van der Waals surface area contributed by atoms with Crippen molar-refractivity contribution in [3.8, 4) is 0 Å². The normalized spacial score (nSPS) is 24.0. The number of hydrogen-bond donors (Lipinski definition) is 2. The van der Waals surface area contributed by atoms with Crippen LogP contribution < -0.4 is 5.32 Å². The van der Waals surface area contributed by atoms with Crippen molar-refractivity contribution < 1.29 is 19.1 Å². The predicted molar refractivity (Wildman–Crippen MR) is 99.3 cm³/mol. The standard InChI is InChI=1S/C19H20FN3O3S/c20-15-6-2-1-4-12(15)8-14-9-21-17(27-14)22-18(26)23-10-13-5-3-7-19(13,11-23)16(24)25/h1-2,4,6,9,13H,3,5,7-8,10-11H2,(H,24,25)(H,21,22,26)/t13-,19+/m0/s1. The zero-order valence-corrected chi connectivity index (χ0v) is 15.5. The second kappa shape index (κ2) is 6.92. The highest BCUT2D eigenvalue weighted by Crippen LogP contribution is 2.49. The summed E-state index contributed by atoms with van der Waals surface area (Å²) in [5, 5.41) is 12.8. The predicted octanol–water partition coefficient (Wildman–Crippen LogP) is 3.59. The van der Waals surface area contributed by atoms with Crippen LogP contribution in [0.15, 0.2) is 30.5 Å². The van der Waals surface area contributed by atoms with Crippen LogP contribution in [0.1, 0.15) is 29.7 Å². The number of anilines is 1.